The van der Waals surface area contributed by atoms with Crippen LogP contribution in [0.5, 0.6) is 5.75 Å². The van der Waals surface area contributed by atoms with Crippen molar-refractivity contribution in [3.63, 3.8) is 0 Å². The van der Waals surface area contributed by atoms with Crippen LogP contribution in [0.2, 0.25) is 15.1 Å². The summed E-state index contributed by atoms with van der Waals surface area (Å²) in [6, 6.07) is 7.66. The van der Waals surface area contributed by atoms with Gasteiger partial charge in [-0.15, -0.1) is 0 Å². The van der Waals surface area contributed by atoms with Gasteiger partial charge in [-0.3, -0.25) is 0 Å². The molecule has 0 fully saturated rings. The van der Waals surface area contributed by atoms with Gasteiger partial charge in [0.05, 0.1) is 17.2 Å². The highest BCUT2D eigenvalue weighted by molar-refractivity contribution is 6.44. The second kappa shape index (κ2) is 5.35. The number of rotatable bonds is 2. The van der Waals surface area contributed by atoms with Gasteiger partial charge in [-0.1, -0.05) is 40.9 Å². The van der Waals surface area contributed by atoms with Gasteiger partial charge in [0.1, 0.15) is 0 Å². The Hall–Kier alpha value is -0.960. The molecule has 2 rings (SSSR count). The normalized spacial score (nSPS) is 10.5. The number of benzene rings is 2. The smallest absolute Gasteiger partial charge is 0.165 e. The van der Waals surface area contributed by atoms with Crippen molar-refractivity contribution in [1.82, 2.24) is 0 Å². The van der Waals surface area contributed by atoms with E-state index in [1.165, 1.54) is 13.2 Å². The van der Waals surface area contributed by atoms with E-state index in [9.17, 15) is 4.39 Å². The van der Waals surface area contributed by atoms with E-state index in [-0.39, 0.29) is 5.75 Å². The maximum Gasteiger partial charge on any atom is 0.165 e. The molecule has 1 nitrogen and oxygen atoms in total. The molecule has 18 heavy (non-hydrogen) atoms. The molecule has 0 unspecified atom stereocenters. The monoisotopic (exact) mass is 304 g/mol. The van der Waals surface area contributed by atoms with Crippen molar-refractivity contribution in [3.8, 4) is 16.9 Å². The summed E-state index contributed by atoms with van der Waals surface area (Å²) < 4.78 is 18.2. The minimum absolute atomic E-state index is 0.148. The number of halogens is 4. The summed E-state index contributed by atoms with van der Waals surface area (Å²) in [5.41, 5.74) is 1.38. The first-order chi connectivity index (χ1) is 8.52. The molecule has 0 aliphatic carbocycles. The maximum absolute atomic E-state index is 13.3. The van der Waals surface area contributed by atoms with Gasteiger partial charge < -0.3 is 4.74 Å². The minimum Gasteiger partial charge on any atom is -0.494 e. The summed E-state index contributed by atoms with van der Waals surface area (Å²) in [6.07, 6.45) is 0. The molecular weight excluding hydrogens is 297 g/mol. The lowest BCUT2D eigenvalue weighted by atomic mass is 10.1. The number of ether oxygens (including phenoxy) is 1. The summed E-state index contributed by atoms with van der Waals surface area (Å²) >= 11 is 17.9. The van der Waals surface area contributed by atoms with Gasteiger partial charge in [0.2, 0.25) is 0 Å². The Bertz CT molecular complexity index is 599. The quantitative estimate of drug-likeness (QED) is 0.669. The molecule has 0 amide bonds. The Kier molecular flexibility index (Phi) is 4.00. The van der Waals surface area contributed by atoms with Crippen LogP contribution in [0.3, 0.4) is 0 Å². The zero-order valence-electron chi connectivity index (χ0n) is 9.31. The van der Waals surface area contributed by atoms with Crippen molar-refractivity contribution in [3.05, 3.63) is 51.2 Å². The van der Waals surface area contributed by atoms with E-state index in [1.54, 1.807) is 24.3 Å². The van der Waals surface area contributed by atoms with Crippen LogP contribution in [0, 0.1) is 5.82 Å². The third-order valence-corrected chi connectivity index (χ3v) is 3.51. The Balaban J connectivity index is 2.58. The number of methoxy groups -OCH3 is 1. The van der Waals surface area contributed by atoms with Crippen molar-refractivity contribution in [2.24, 2.45) is 0 Å². The molecule has 0 radical (unpaired) electrons. The summed E-state index contributed by atoms with van der Waals surface area (Å²) in [6.45, 7) is 0. The summed E-state index contributed by atoms with van der Waals surface area (Å²) in [7, 11) is 1.40. The highest BCUT2D eigenvalue weighted by Crippen LogP contribution is 2.36. The molecule has 2 aromatic rings. The van der Waals surface area contributed by atoms with Crippen molar-refractivity contribution in [2.45, 2.75) is 0 Å². The van der Waals surface area contributed by atoms with Gasteiger partial charge >= 0.3 is 0 Å². The molecule has 0 saturated heterocycles. The van der Waals surface area contributed by atoms with Crippen LogP contribution in [-0.2, 0) is 0 Å². The third-order valence-electron chi connectivity index (χ3n) is 2.47. The zero-order chi connectivity index (χ0) is 13.3. The van der Waals surface area contributed by atoms with E-state index in [0.717, 1.165) is 0 Å². The predicted molar refractivity (Wildman–Crippen MR) is 73.4 cm³/mol. The fourth-order valence-corrected chi connectivity index (χ4v) is 2.23. The fraction of sp³-hybridized carbons (Fsp3) is 0.0769. The molecule has 0 heterocycles. The van der Waals surface area contributed by atoms with E-state index < -0.39 is 5.82 Å². The summed E-state index contributed by atoms with van der Waals surface area (Å²) in [5, 5.41) is 1.21. The average Bonchev–Trinajstić information content (AvgIpc) is 2.35. The number of hydrogen-bond acceptors (Lipinski definition) is 1. The van der Waals surface area contributed by atoms with Crippen LogP contribution >= 0.6 is 34.8 Å². The van der Waals surface area contributed by atoms with Crippen LogP contribution in [-0.4, -0.2) is 7.11 Å². The first-order valence-electron chi connectivity index (χ1n) is 5.01. The Morgan fingerprint density at radius 2 is 1.61 bits per heavy atom. The van der Waals surface area contributed by atoms with Gasteiger partial charge in [-0.05, 0) is 29.8 Å². The highest BCUT2D eigenvalue weighted by atomic mass is 35.5. The van der Waals surface area contributed by atoms with Crippen molar-refractivity contribution < 1.29 is 9.13 Å². The molecule has 0 atom stereocenters. The van der Waals surface area contributed by atoms with E-state index >= 15 is 0 Å². The highest BCUT2D eigenvalue weighted by Gasteiger charge is 2.11. The molecule has 0 aliphatic rings. The van der Waals surface area contributed by atoms with Crippen molar-refractivity contribution in [2.75, 3.05) is 7.11 Å². The Morgan fingerprint density at radius 1 is 0.944 bits per heavy atom. The predicted octanol–water partition coefficient (Wildman–Crippen LogP) is 5.46. The molecular formula is C13H8Cl3FO. The summed E-state index contributed by atoms with van der Waals surface area (Å²) in [4.78, 5) is 0. The first kappa shape index (κ1) is 13.5. The molecule has 5 heteroatoms. The largest absolute Gasteiger partial charge is 0.494 e. The third kappa shape index (κ3) is 2.56. The average molecular weight is 306 g/mol. The molecule has 0 saturated carbocycles. The van der Waals surface area contributed by atoms with Crippen LogP contribution < -0.4 is 4.74 Å². The van der Waals surface area contributed by atoms with Gasteiger partial charge in [0.15, 0.2) is 11.6 Å². The molecule has 94 valence electrons. The number of hydrogen-bond donors (Lipinski definition) is 0. The van der Waals surface area contributed by atoms with Crippen LogP contribution in [0.25, 0.3) is 11.1 Å². The maximum atomic E-state index is 13.3. The van der Waals surface area contributed by atoms with E-state index in [1.807, 2.05) is 0 Å². The lowest BCUT2D eigenvalue weighted by Gasteiger charge is -2.09. The van der Waals surface area contributed by atoms with E-state index in [2.05, 4.69) is 0 Å². The standard InChI is InChI=1S/C13H8Cl3FO/c1-18-13-4-7(2-3-12(13)17)8-5-10(15)11(16)6-9(8)14/h2-6H,1H3. The molecule has 0 spiro atoms. The van der Waals surface area contributed by atoms with Gasteiger partial charge in [0.25, 0.3) is 0 Å². The topological polar surface area (TPSA) is 9.23 Å². The molecule has 0 bridgehead atoms. The van der Waals surface area contributed by atoms with Crippen molar-refractivity contribution >= 4 is 34.8 Å². The fourth-order valence-electron chi connectivity index (χ4n) is 1.57. The van der Waals surface area contributed by atoms with Gasteiger partial charge in [0, 0.05) is 10.6 Å². The molecule has 2 aromatic carbocycles. The summed E-state index contributed by atoms with van der Waals surface area (Å²) in [5.74, 6) is -0.285. The lowest BCUT2D eigenvalue weighted by molar-refractivity contribution is 0.387. The zero-order valence-corrected chi connectivity index (χ0v) is 11.6. The lowest BCUT2D eigenvalue weighted by Crippen LogP contribution is -1.89. The second-order valence-corrected chi connectivity index (χ2v) is 4.82. The molecule has 0 aliphatic heterocycles. The Labute approximate surface area is 119 Å². The van der Waals surface area contributed by atoms with E-state index in [4.69, 9.17) is 39.5 Å². The van der Waals surface area contributed by atoms with Crippen LogP contribution in [0.1, 0.15) is 0 Å². The molecule has 0 N–H and O–H groups in total. The second-order valence-electron chi connectivity index (χ2n) is 3.60. The Morgan fingerprint density at radius 3 is 2.28 bits per heavy atom. The first-order valence-corrected chi connectivity index (χ1v) is 6.14. The van der Waals surface area contributed by atoms with Crippen molar-refractivity contribution in [1.29, 1.82) is 0 Å². The SMILES string of the molecule is COc1cc(-c2cc(Cl)c(Cl)cc2Cl)ccc1F. The van der Waals surface area contributed by atoms with Gasteiger partial charge in [-0.25, -0.2) is 4.39 Å². The van der Waals surface area contributed by atoms with Crippen LogP contribution in [0.4, 0.5) is 4.39 Å². The van der Waals surface area contributed by atoms with Gasteiger partial charge in [-0.2, -0.15) is 0 Å². The van der Waals surface area contributed by atoms with Crippen LogP contribution in [0.15, 0.2) is 30.3 Å². The van der Waals surface area contributed by atoms with E-state index in [0.29, 0.717) is 26.2 Å². The minimum atomic E-state index is -0.433. The molecule has 0 aromatic heterocycles.